The second-order valence-corrected chi connectivity index (χ2v) is 10.4. The molecule has 0 aliphatic carbocycles. The smallest absolute Gasteiger partial charge is 0.251 e. The number of pyridine rings is 1. The first-order chi connectivity index (χ1) is 17.0. The van der Waals surface area contributed by atoms with Crippen molar-refractivity contribution >= 4 is 17.5 Å². The number of benzene rings is 1. The number of anilines is 1. The van der Waals surface area contributed by atoms with E-state index in [1.54, 1.807) is 24.5 Å². The van der Waals surface area contributed by atoms with Gasteiger partial charge in [-0.3, -0.25) is 24.4 Å². The summed E-state index contributed by atoms with van der Waals surface area (Å²) < 4.78 is 0. The summed E-state index contributed by atoms with van der Waals surface area (Å²) in [6.45, 7) is 7.43. The van der Waals surface area contributed by atoms with E-state index in [1.165, 1.54) is 9.80 Å². The summed E-state index contributed by atoms with van der Waals surface area (Å²) in [6, 6.07) is 9.17. The van der Waals surface area contributed by atoms with Gasteiger partial charge in [0.1, 0.15) is 12.1 Å². The highest BCUT2D eigenvalue weighted by Gasteiger charge is 2.42. The lowest BCUT2D eigenvalue weighted by Crippen LogP contribution is -2.50. The van der Waals surface area contributed by atoms with E-state index in [0.717, 1.165) is 5.56 Å². The van der Waals surface area contributed by atoms with Gasteiger partial charge in [0, 0.05) is 43.2 Å². The number of nitriles is 1. The zero-order valence-electron chi connectivity index (χ0n) is 21.7. The Morgan fingerprint density at radius 2 is 1.94 bits per heavy atom. The Kier molecular flexibility index (Phi) is 8.66. The van der Waals surface area contributed by atoms with Crippen LogP contribution in [0, 0.1) is 11.5 Å². The number of rotatable bonds is 8. The molecular formula is C27H36N6O3. The van der Waals surface area contributed by atoms with Gasteiger partial charge < -0.3 is 15.3 Å². The number of aliphatic hydroxyl groups excluding tert-OH is 1. The van der Waals surface area contributed by atoms with Gasteiger partial charge in [-0.15, -0.1) is 0 Å². The van der Waals surface area contributed by atoms with Crippen LogP contribution in [0.5, 0.6) is 0 Å². The molecule has 2 amide bonds. The van der Waals surface area contributed by atoms with E-state index in [0.29, 0.717) is 24.3 Å². The van der Waals surface area contributed by atoms with Crippen LogP contribution in [0.15, 0.2) is 48.8 Å². The third-order valence-corrected chi connectivity index (χ3v) is 6.31. The molecule has 0 radical (unpaired) electrons. The number of hydrogen-bond donors (Lipinski definition) is 2. The van der Waals surface area contributed by atoms with Crippen LogP contribution < -0.4 is 10.2 Å². The van der Waals surface area contributed by atoms with Crippen LogP contribution in [0.4, 0.5) is 5.69 Å². The Hall–Kier alpha value is -3.48. The number of aromatic nitrogens is 1. The van der Waals surface area contributed by atoms with Gasteiger partial charge in [-0.25, -0.2) is 0 Å². The fourth-order valence-electron chi connectivity index (χ4n) is 4.30. The predicted octanol–water partition coefficient (Wildman–Crippen LogP) is 2.05. The Bertz CT molecular complexity index is 1080. The molecule has 1 unspecified atom stereocenters. The number of nitrogens with zero attached hydrogens (tertiary/aromatic N) is 5. The van der Waals surface area contributed by atoms with Crippen LogP contribution >= 0.6 is 0 Å². The molecule has 1 aliphatic rings. The van der Waals surface area contributed by atoms with Crippen molar-refractivity contribution in [2.75, 3.05) is 38.6 Å². The SMILES string of the molecule is CN(C)CCNC(=O)C(c1cccnc1)N(C(=O)[C@H]1C[C@@H](O)CN1C#N)c1ccc(C(C)(C)C)cc1. The Balaban J connectivity index is 2.09. The van der Waals surface area contributed by atoms with Gasteiger partial charge in [0.2, 0.25) is 5.91 Å². The van der Waals surface area contributed by atoms with Crippen LogP contribution in [0.25, 0.3) is 0 Å². The van der Waals surface area contributed by atoms with Crippen molar-refractivity contribution < 1.29 is 14.7 Å². The third-order valence-electron chi connectivity index (χ3n) is 6.31. The summed E-state index contributed by atoms with van der Waals surface area (Å²) in [5.41, 5.74) is 2.08. The van der Waals surface area contributed by atoms with Crippen molar-refractivity contribution in [3.63, 3.8) is 0 Å². The van der Waals surface area contributed by atoms with Crippen LogP contribution in [0.1, 0.15) is 44.4 Å². The molecule has 3 rings (SSSR count). The van der Waals surface area contributed by atoms with E-state index in [-0.39, 0.29) is 24.3 Å². The molecule has 3 atom stereocenters. The summed E-state index contributed by atoms with van der Waals surface area (Å²) >= 11 is 0. The number of aliphatic hydroxyl groups is 1. The second kappa shape index (κ2) is 11.5. The number of likely N-dealkylation sites (N-methyl/N-ethyl adjacent to an activating group) is 1. The van der Waals surface area contributed by atoms with Gasteiger partial charge in [-0.05, 0) is 43.3 Å². The molecule has 9 nitrogen and oxygen atoms in total. The first-order valence-electron chi connectivity index (χ1n) is 12.1. The van der Waals surface area contributed by atoms with Gasteiger partial charge in [-0.2, -0.15) is 5.26 Å². The molecule has 1 aliphatic heterocycles. The lowest BCUT2D eigenvalue weighted by molar-refractivity contribution is -0.128. The Labute approximate surface area is 213 Å². The zero-order chi connectivity index (χ0) is 26.5. The normalized spacial score (nSPS) is 18.6. The summed E-state index contributed by atoms with van der Waals surface area (Å²) in [4.78, 5) is 36.6. The highest BCUT2D eigenvalue weighted by Crippen LogP contribution is 2.33. The number of likely N-dealkylation sites (tertiary alicyclic amines) is 1. The number of carbonyl (C=O) groups is 2. The molecule has 1 aromatic heterocycles. The van der Waals surface area contributed by atoms with Gasteiger partial charge in [0.15, 0.2) is 6.19 Å². The average molecular weight is 493 g/mol. The first-order valence-corrected chi connectivity index (χ1v) is 12.1. The van der Waals surface area contributed by atoms with Crippen LogP contribution in [-0.4, -0.2) is 77.6 Å². The number of hydrogen-bond acceptors (Lipinski definition) is 7. The molecule has 2 heterocycles. The maximum atomic E-state index is 14.1. The fourth-order valence-corrected chi connectivity index (χ4v) is 4.30. The average Bonchev–Trinajstić information content (AvgIpc) is 3.22. The van der Waals surface area contributed by atoms with Gasteiger partial charge in [0.05, 0.1) is 12.6 Å². The number of nitrogens with one attached hydrogen (secondary N) is 1. The van der Waals surface area contributed by atoms with Gasteiger partial charge in [-0.1, -0.05) is 39.0 Å². The standard InChI is InChI=1S/C27H36N6O3/c1-27(2,3)20-8-10-21(11-9-20)33(26(36)23-15-22(34)17-32(23)18-28)24(19-7-6-12-29-16-19)25(35)30-13-14-31(4)5/h6-12,16,22-24,34H,13-15,17H2,1-5H3,(H,30,35)/t22-,23-,24?/m1/s1. The Morgan fingerprint density at radius 3 is 2.50 bits per heavy atom. The van der Waals surface area contributed by atoms with E-state index in [1.807, 2.05) is 49.5 Å². The molecule has 0 bridgehead atoms. The minimum atomic E-state index is -1.01. The van der Waals surface area contributed by atoms with Gasteiger partial charge >= 0.3 is 0 Å². The molecule has 0 spiro atoms. The molecule has 2 N–H and O–H groups in total. The monoisotopic (exact) mass is 492 g/mol. The van der Waals surface area contributed by atoms with E-state index in [4.69, 9.17) is 0 Å². The fraction of sp³-hybridized carbons (Fsp3) is 0.481. The van der Waals surface area contributed by atoms with Crippen molar-refractivity contribution in [3.8, 4) is 6.19 Å². The molecule has 192 valence electrons. The number of carbonyl (C=O) groups excluding carboxylic acids is 2. The van der Waals surface area contributed by atoms with E-state index < -0.39 is 24.1 Å². The topological polar surface area (TPSA) is 113 Å². The van der Waals surface area contributed by atoms with Crippen molar-refractivity contribution in [1.82, 2.24) is 20.1 Å². The van der Waals surface area contributed by atoms with E-state index >= 15 is 0 Å². The quantitative estimate of drug-likeness (QED) is 0.542. The lowest BCUT2D eigenvalue weighted by atomic mass is 9.87. The summed E-state index contributed by atoms with van der Waals surface area (Å²) in [6.07, 6.45) is 4.53. The van der Waals surface area contributed by atoms with Gasteiger partial charge in [0.25, 0.3) is 5.91 Å². The zero-order valence-corrected chi connectivity index (χ0v) is 21.7. The molecular weight excluding hydrogens is 456 g/mol. The van der Waals surface area contributed by atoms with Crippen LogP contribution in [0.3, 0.4) is 0 Å². The highest BCUT2D eigenvalue weighted by atomic mass is 16.3. The van der Waals surface area contributed by atoms with E-state index in [2.05, 4.69) is 31.1 Å². The lowest BCUT2D eigenvalue weighted by Gasteiger charge is -2.34. The minimum Gasteiger partial charge on any atom is -0.391 e. The maximum absolute atomic E-state index is 14.1. The highest BCUT2D eigenvalue weighted by molar-refractivity contribution is 6.04. The number of amides is 2. The molecule has 1 fully saturated rings. The predicted molar refractivity (Wildman–Crippen MR) is 138 cm³/mol. The number of β-amino-alcohol motifs (C(OH)–C–C–N with tert-alkyl or cyclic N) is 1. The summed E-state index contributed by atoms with van der Waals surface area (Å²) in [5.74, 6) is -0.770. The summed E-state index contributed by atoms with van der Waals surface area (Å²) in [5, 5.41) is 22.8. The van der Waals surface area contributed by atoms with Crippen molar-refractivity contribution in [2.24, 2.45) is 0 Å². The summed E-state index contributed by atoms with van der Waals surface area (Å²) in [7, 11) is 3.83. The maximum Gasteiger partial charge on any atom is 0.251 e. The molecule has 0 saturated carbocycles. The molecule has 1 aromatic carbocycles. The largest absolute Gasteiger partial charge is 0.391 e. The van der Waals surface area contributed by atoms with Crippen molar-refractivity contribution in [2.45, 2.75) is 50.8 Å². The van der Waals surface area contributed by atoms with Crippen molar-refractivity contribution in [1.29, 1.82) is 5.26 Å². The van der Waals surface area contributed by atoms with E-state index in [9.17, 15) is 20.0 Å². The van der Waals surface area contributed by atoms with Crippen molar-refractivity contribution in [3.05, 3.63) is 59.9 Å². The molecule has 36 heavy (non-hydrogen) atoms. The van der Waals surface area contributed by atoms with Crippen LogP contribution in [0.2, 0.25) is 0 Å². The molecule has 1 saturated heterocycles. The second-order valence-electron chi connectivity index (χ2n) is 10.4. The Morgan fingerprint density at radius 1 is 1.25 bits per heavy atom. The van der Waals surface area contributed by atoms with Crippen LogP contribution in [-0.2, 0) is 15.0 Å². The molecule has 2 aromatic rings. The minimum absolute atomic E-state index is 0.0797. The first kappa shape index (κ1) is 27.1. The molecule has 9 heteroatoms. The third kappa shape index (κ3) is 6.39.